The van der Waals surface area contributed by atoms with Crippen molar-refractivity contribution in [2.24, 2.45) is 5.92 Å². The molecule has 0 aliphatic rings. The van der Waals surface area contributed by atoms with Crippen molar-refractivity contribution in [2.45, 2.75) is 6.92 Å². The molecule has 16 heavy (non-hydrogen) atoms. The predicted octanol–water partition coefficient (Wildman–Crippen LogP) is 1.86. The monoisotopic (exact) mass is 286 g/mol. The standard InChI is InChI=1S/C11H15BrN2O2/c1-8(7-16-2)4-14-11(15)9-3-10(12)6-13-5-9/h3,5-6,8H,4,7H2,1-2H3,(H,14,15). The SMILES string of the molecule is COCC(C)CNC(=O)c1cncc(Br)c1. The summed E-state index contributed by atoms with van der Waals surface area (Å²) in [6.45, 7) is 3.25. The molecule has 0 fully saturated rings. The minimum absolute atomic E-state index is 0.114. The molecule has 1 heterocycles. The van der Waals surface area contributed by atoms with Gasteiger partial charge >= 0.3 is 0 Å². The van der Waals surface area contributed by atoms with Crippen LogP contribution in [0.2, 0.25) is 0 Å². The van der Waals surface area contributed by atoms with E-state index in [9.17, 15) is 4.79 Å². The molecule has 1 N–H and O–H groups in total. The van der Waals surface area contributed by atoms with Gasteiger partial charge < -0.3 is 10.1 Å². The number of aromatic nitrogens is 1. The van der Waals surface area contributed by atoms with E-state index < -0.39 is 0 Å². The van der Waals surface area contributed by atoms with E-state index in [1.165, 1.54) is 0 Å². The lowest BCUT2D eigenvalue weighted by Gasteiger charge is -2.11. The molecule has 0 saturated carbocycles. The number of ether oxygens (including phenoxy) is 1. The molecule has 1 amide bonds. The molecule has 1 unspecified atom stereocenters. The molecule has 0 aromatic carbocycles. The van der Waals surface area contributed by atoms with Gasteiger partial charge in [-0.2, -0.15) is 0 Å². The quantitative estimate of drug-likeness (QED) is 0.899. The van der Waals surface area contributed by atoms with Gasteiger partial charge in [-0.05, 0) is 27.9 Å². The Morgan fingerprint density at radius 2 is 2.38 bits per heavy atom. The second kappa shape index (κ2) is 6.60. The number of hydrogen-bond acceptors (Lipinski definition) is 3. The number of rotatable bonds is 5. The maximum atomic E-state index is 11.7. The molecule has 5 heteroatoms. The molecule has 1 rings (SSSR count). The van der Waals surface area contributed by atoms with Gasteiger partial charge in [0.05, 0.1) is 12.2 Å². The molecular weight excluding hydrogens is 272 g/mol. The number of carbonyl (C=O) groups excluding carboxylic acids is 1. The first-order valence-electron chi connectivity index (χ1n) is 5.01. The largest absolute Gasteiger partial charge is 0.384 e. The zero-order valence-corrected chi connectivity index (χ0v) is 11.0. The lowest BCUT2D eigenvalue weighted by Crippen LogP contribution is -2.29. The number of methoxy groups -OCH3 is 1. The van der Waals surface area contributed by atoms with Crippen LogP contribution >= 0.6 is 15.9 Å². The summed E-state index contributed by atoms with van der Waals surface area (Å²) in [4.78, 5) is 15.6. The van der Waals surface area contributed by atoms with Gasteiger partial charge in [-0.1, -0.05) is 6.92 Å². The average molecular weight is 287 g/mol. The van der Waals surface area contributed by atoms with Crippen LogP contribution in [0.3, 0.4) is 0 Å². The van der Waals surface area contributed by atoms with E-state index in [4.69, 9.17) is 4.74 Å². The zero-order chi connectivity index (χ0) is 12.0. The van der Waals surface area contributed by atoms with E-state index in [0.717, 1.165) is 4.47 Å². The summed E-state index contributed by atoms with van der Waals surface area (Å²) in [7, 11) is 1.65. The van der Waals surface area contributed by atoms with Gasteiger partial charge in [0.15, 0.2) is 0 Å². The molecule has 1 atom stereocenters. The second-order valence-corrected chi connectivity index (χ2v) is 4.58. The molecule has 0 saturated heterocycles. The number of carbonyl (C=O) groups is 1. The fourth-order valence-electron chi connectivity index (χ4n) is 1.25. The van der Waals surface area contributed by atoms with Crippen molar-refractivity contribution < 1.29 is 9.53 Å². The van der Waals surface area contributed by atoms with E-state index in [1.54, 1.807) is 25.6 Å². The van der Waals surface area contributed by atoms with Gasteiger partial charge in [-0.25, -0.2) is 0 Å². The highest BCUT2D eigenvalue weighted by molar-refractivity contribution is 9.10. The molecular formula is C11H15BrN2O2. The normalized spacial score (nSPS) is 12.2. The van der Waals surface area contributed by atoms with Gasteiger partial charge in [0.2, 0.25) is 0 Å². The fraction of sp³-hybridized carbons (Fsp3) is 0.455. The molecule has 88 valence electrons. The summed E-state index contributed by atoms with van der Waals surface area (Å²) >= 11 is 3.27. The molecule has 0 spiro atoms. The Hall–Kier alpha value is -0.940. The van der Waals surface area contributed by atoms with Crippen molar-refractivity contribution in [3.8, 4) is 0 Å². The van der Waals surface area contributed by atoms with Crippen LogP contribution in [0.5, 0.6) is 0 Å². The van der Waals surface area contributed by atoms with Gasteiger partial charge in [-0.15, -0.1) is 0 Å². The fourth-order valence-corrected chi connectivity index (χ4v) is 1.61. The van der Waals surface area contributed by atoms with Gasteiger partial charge in [0, 0.05) is 30.5 Å². The Balaban J connectivity index is 2.47. The summed E-state index contributed by atoms with van der Waals surface area (Å²) in [5.41, 5.74) is 0.555. The first-order chi connectivity index (χ1) is 7.63. The molecule has 0 radical (unpaired) electrons. The summed E-state index contributed by atoms with van der Waals surface area (Å²) in [5.74, 6) is 0.186. The summed E-state index contributed by atoms with van der Waals surface area (Å²) in [6.07, 6.45) is 3.19. The highest BCUT2D eigenvalue weighted by Gasteiger charge is 2.08. The first-order valence-corrected chi connectivity index (χ1v) is 5.80. The van der Waals surface area contributed by atoms with Crippen molar-refractivity contribution in [1.82, 2.24) is 10.3 Å². The average Bonchev–Trinajstić information content (AvgIpc) is 2.26. The van der Waals surface area contributed by atoms with E-state index >= 15 is 0 Å². The lowest BCUT2D eigenvalue weighted by atomic mass is 10.2. The molecule has 0 aliphatic carbocycles. The van der Waals surface area contributed by atoms with Crippen LogP contribution in [-0.4, -0.2) is 31.2 Å². The minimum Gasteiger partial charge on any atom is -0.384 e. The molecule has 4 nitrogen and oxygen atoms in total. The number of nitrogens with one attached hydrogen (secondary N) is 1. The Bertz CT molecular complexity index is 358. The third-order valence-electron chi connectivity index (χ3n) is 2.03. The van der Waals surface area contributed by atoms with E-state index in [0.29, 0.717) is 24.6 Å². The Morgan fingerprint density at radius 3 is 3.00 bits per heavy atom. The summed E-state index contributed by atoms with van der Waals surface area (Å²) < 4.78 is 5.79. The van der Waals surface area contributed by atoms with Crippen LogP contribution in [0.25, 0.3) is 0 Å². The smallest absolute Gasteiger partial charge is 0.252 e. The van der Waals surface area contributed by atoms with Crippen molar-refractivity contribution in [2.75, 3.05) is 20.3 Å². The van der Waals surface area contributed by atoms with Gasteiger partial charge in [-0.3, -0.25) is 9.78 Å². The third-order valence-corrected chi connectivity index (χ3v) is 2.46. The van der Waals surface area contributed by atoms with Crippen molar-refractivity contribution in [3.63, 3.8) is 0 Å². The maximum Gasteiger partial charge on any atom is 0.252 e. The third kappa shape index (κ3) is 4.28. The maximum absolute atomic E-state index is 11.7. The number of hydrogen-bond donors (Lipinski definition) is 1. The van der Waals surface area contributed by atoms with E-state index in [-0.39, 0.29) is 5.91 Å². The Labute approximate surface area is 104 Å². The van der Waals surface area contributed by atoms with E-state index in [2.05, 4.69) is 26.2 Å². The molecule has 0 bridgehead atoms. The number of nitrogens with zero attached hydrogens (tertiary/aromatic N) is 1. The zero-order valence-electron chi connectivity index (χ0n) is 9.37. The summed E-state index contributed by atoms with van der Waals surface area (Å²) in [6, 6.07) is 1.74. The van der Waals surface area contributed by atoms with Crippen molar-refractivity contribution in [1.29, 1.82) is 0 Å². The predicted molar refractivity (Wildman–Crippen MR) is 65.3 cm³/mol. The van der Waals surface area contributed by atoms with Crippen LogP contribution in [0.15, 0.2) is 22.9 Å². The van der Waals surface area contributed by atoms with Crippen LogP contribution in [0, 0.1) is 5.92 Å². The van der Waals surface area contributed by atoms with Gasteiger partial charge in [0.25, 0.3) is 5.91 Å². The highest BCUT2D eigenvalue weighted by atomic mass is 79.9. The molecule has 1 aromatic heterocycles. The first kappa shape index (κ1) is 13.1. The minimum atomic E-state index is -0.114. The van der Waals surface area contributed by atoms with Crippen LogP contribution in [0.1, 0.15) is 17.3 Å². The molecule has 1 aromatic rings. The topological polar surface area (TPSA) is 51.2 Å². The number of halogens is 1. The lowest BCUT2D eigenvalue weighted by molar-refractivity contribution is 0.0933. The van der Waals surface area contributed by atoms with Crippen LogP contribution in [-0.2, 0) is 4.74 Å². The number of amides is 1. The van der Waals surface area contributed by atoms with Gasteiger partial charge in [0.1, 0.15) is 0 Å². The second-order valence-electron chi connectivity index (χ2n) is 3.66. The van der Waals surface area contributed by atoms with Crippen molar-refractivity contribution in [3.05, 3.63) is 28.5 Å². The summed E-state index contributed by atoms with van der Waals surface area (Å²) in [5, 5.41) is 2.83. The van der Waals surface area contributed by atoms with Crippen molar-refractivity contribution >= 4 is 21.8 Å². The highest BCUT2D eigenvalue weighted by Crippen LogP contribution is 2.09. The Kier molecular flexibility index (Phi) is 5.42. The van der Waals surface area contributed by atoms with Crippen LogP contribution in [0.4, 0.5) is 0 Å². The van der Waals surface area contributed by atoms with Crippen LogP contribution < -0.4 is 5.32 Å². The van der Waals surface area contributed by atoms with E-state index in [1.807, 2.05) is 6.92 Å². The number of pyridine rings is 1. The molecule has 0 aliphatic heterocycles. The Morgan fingerprint density at radius 1 is 1.62 bits per heavy atom.